The molecule has 1 saturated carbocycles. The lowest BCUT2D eigenvalue weighted by Gasteiger charge is -2.25. The van der Waals surface area contributed by atoms with Gasteiger partial charge in [0.05, 0.1) is 36.3 Å². The second-order valence-electron chi connectivity index (χ2n) is 8.17. The number of aliphatic hydroxyl groups excluding tert-OH is 1. The minimum Gasteiger partial charge on any atom is -0.439 e. The molecule has 1 aliphatic rings. The number of hydrogen-bond acceptors (Lipinski definition) is 5. The maximum Gasteiger partial charge on any atom is 0.227 e. The molecule has 0 aliphatic heterocycles. The number of aliphatic hydroxyl groups is 1. The van der Waals surface area contributed by atoms with Gasteiger partial charge in [-0.1, -0.05) is 42.5 Å². The summed E-state index contributed by atoms with van der Waals surface area (Å²) < 4.78 is 13.7. The molecule has 0 bridgehead atoms. The summed E-state index contributed by atoms with van der Waals surface area (Å²) in [6, 6.07) is 20.3. The van der Waals surface area contributed by atoms with Crippen LogP contribution in [0.25, 0.3) is 5.69 Å². The molecule has 32 heavy (non-hydrogen) atoms. The van der Waals surface area contributed by atoms with Crippen LogP contribution in [0, 0.1) is 6.92 Å². The summed E-state index contributed by atoms with van der Waals surface area (Å²) in [5.41, 5.74) is 2.90. The number of aromatic nitrogens is 2. The molecule has 1 fully saturated rings. The minimum absolute atomic E-state index is 0.296. The van der Waals surface area contributed by atoms with Crippen molar-refractivity contribution in [3.63, 3.8) is 0 Å². The van der Waals surface area contributed by atoms with E-state index in [1.54, 1.807) is 6.08 Å². The number of para-hydroxylation sites is 2. The van der Waals surface area contributed by atoms with Gasteiger partial charge in [-0.3, -0.25) is 4.90 Å². The molecule has 168 valence electrons. The first kappa shape index (κ1) is 22.3. The molecular formula is C26H31N3O3. The maximum atomic E-state index is 10.5. The molecular weight excluding hydrogens is 402 g/mol. The number of ether oxygens (including phenoxy) is 2. The van der Waals surface area contributed by atoms with Crippen molar-refractivity contribution in [1.29, 1.82) is 0 Å². The zero-order chi connectivity index (χ0) is 22.3. The third-order valence-corrected chi connectivity index (χ3v) is 5.51. The highest BCUT2D eigenvalue weighted by molar-refractivity contribution is 5.43. The van der Waals surface area contributed by atoms with Gasteiger partial charge < -0.3 is 14.6 Å². The summed E-state index contributed by atoms with van der Waals surface area (Å²) >= 11 is 0. The van der Waals surface area contributed by atoms with Gasteiger partial charge in [-0.05, 0) is 44.0 Å². The topological polar surface area (TPSA) is 59.8 Å². The number of hydrogen-bond donors (Lipinski definition) is 1. The van der Waals surface area contributed by atoms with E-state index in [-0.39, 0.29) is 0 Å². The Hall–Kier alpha value is -2.93. The number of rotatable bonds is 12. The molecule has 0 saturated heterocycles. The molecule has 6 nitrogen and oxygen atoms in total. The van der Waals surface area contributed by atoms with Gasteiger partial charge in [-0.25, -0.2) is 4.68 Å². The van der Waals surface area contributed by atoms with Crippen molar-refractivity contribution in [3.05, 3.63) is 84.6 Å². The fourth-order valence-electron chi connectivity index (χ4n) is 3.77. The quantitative estimate of drug-likeness (QED) is 0.337. The van der Waals surface area contributed by atoms with Crippen molar-refractivity contribution in [2.75, 3.05) is 19.8 Å². The largest absolute Gasteiger partial charge is 0.439 e. The zero-order valence-corrected chi connectivity index (χ0v) is 18.6. The first-order valence-electron chi connectivity index (χ1n) is 11.1. The van der Waals surface area contributed by atoms with Crippen molar-refractivity contribution >= 4 is 0 Å². The van der Waals surface area contributed by atoms with Gasteiger partial charge in [-0.15, -0.1) is 6.58 Å². The smallest absolute Gasteiger partial charge is 0.227 e. The predicted molar refractivity (Wildman–Crippen MR) is 125 cm³/mol. The number of benzene rings is 2. The van der Waals surface area contributed by atoms with E-state index in [1.165, 1.54) is 0 Å². The average molecular weight is 434 g/mol. The van der Waals surface area contributed by atoms with Gasteiger partial charge in [-0.2, -0.15) is 5.10 Å². The highest BCUT2D eigenvalue weighted by Gasteiger charge is 2.32. The van der Waals surface area contributed by atoms with Crippen LogP contribution in [0.3, 0.4) is 0 Å². The highest BCUT2D eigenvalue weighted by Crippen LogP contribution is 2.35. The fourth-order valence-corrected chi connectivity index (χ4v) is 3.77. The van der Waals surface area contributed by atoms with Crippen LogP contribution >= 0.6 is 0 Å². The Kier molecular flexibility index (Phi) is 7.37. The monoisotopic (exact) mass is 433 g/mol. The zero-order valence-electron chi connectivity index (χ0n) is 18.6. The Balaban J connectivity index is 1.61. The highest BCUT2D eigenvalue weighted by atomic mass is 16.5. The van der Waals surface area contributed by atoms with Gasteiger partial charge in [0.15, 0.2) is 0 Å². The van der Waals surface area contributed by atoms with Crippen LogP contribution in [0.15, 0.2) is 73.3 Å². The molecule has 1 aromatic heterocycles. The van der Waals surface area contributed by atoms with E-state index in [4.69, 9.17) is 14.6 Å². The summed E-state index contributed by atoms with van der Waals surface area (Å²) in [5.74, 6) is 1.48. The van der Waals surface area contributed by atoms with Crippen LogP contribution in [0.5, 0.6) is 11.6 Å². The van der Waals surface area contributed by atoms with Crippen LogP contribution < -0.4 is 4.74 Å². The van der Waals surface area contributed by atoms with Crippen molar-refractivity contribution in [3.8, 4) is 17.3 Å². The summed E-state index contributed by atoms with van der Waals surface area (Å²) in [6.07, 6.45) is 3.42. The van der Waals surface area contributed by atoms with E-state index in [1.807, 2.05) is 72.3 Å². The Morgan fingerprint density at radius 3 is 2.50 bits per heavy atom. The summed E-state index contributed by atoms with van der Waals surface area (Å²) in [5, 5.41) is 15.3. The third kappa shape index (κ3) is 5.65. The fraction of sp³-hybridized carbons (Fsp3) is 0.346. The van der Waals surface area contributed by atoms with Crippen molar-refractivity contribution in [2.45, 2.75) is 38.5 Å². The van der Waals surface area contributed by atoms with Crippen LogP contribution in [0.4, 0.5) is 0 Å². The molecule has 6 heteroatoms. The first-order chi connectivity index (χ1) is 15.7. The minimum atomic E-state index is -0.557. The Labute approximate surface area is 189 Å². The maximum absolute atomic E-state index is 10.5. The molecule has 1 aliphatic carbocycles. The Morgan fingerprint density at radius 2 is 1.84 bits per heavy atom. The van der Waals surface area contributed by atoms with Crippen molar-refractivity contribution < 1.29 is 14.6 Å². The van der Waals surface area contributed by atoms with Gasteiger partial charge >= 0.3 is 0 Å². The van der Waals surface area contributed by atoms with Crippen LogP contribution in [-0.2, 0) is 11.3 Å². The van der Waals surface area contributed by atoms with E-state index in [2.05, 4.69) is 11.5 Å². The number of nitrogens with zero attached hydrogens (tertiary/aromatic N) is 3. The first-order valence-corrected chi connectivity index (χ1v) is 11.1. The lowest BCUT2D eigenvalue weighted by molar-refractivity contribution is 0.0226. The molecule has 0 amide bonds. The van der Waals surface area contributed by atoms with E-state index < -0.39 is 6.10 Å². The SMILES string of the molecule is C=CCOC[C@H](O)CN(Cc1c(C)nn(-c2ccccc2)c1Oc1ccccc1)C1CC1. The van der Waals surface area contributed by atoms with E-state index in [9.17, 15) is 5.11 Å². The Morgan fingerprint density at radius 1 is 1.16 bits per heavy atom. The molecule has 1 N–H and O–H groups in total. The lowest BCUT2D eigenvalue weighted by Crippen LogP contribution is -2.36. The van der Waals surface area contributed by atoms with Crippen molar-refractivity contribution in [1.82, 2.24) is 14.7 Å². The molecule has 3 aromatic rings. The standard InChI is InChI=1S/C26H31N3O3/c1-3-16-31-19-23(30)17-28(21-14-15-21)18-25-20(2)27-29(22-10-6-4-7-11-22)26(25)32-24-12-8-5-9-13-24/h3-13,21,23,30H,1,14-19H2,2H3/t23-/m1/s1. The van der Waals surface area contributed by atoms with Gasteiger partial charge in [0.25, 0.3) is 0 Å². The molecule has 2 aromatic carbocycles. The second kappa shape index (κ2) is 10.6. The third-order valence-electron chi connectivity index (χ3n) is 5.51. The molecule has 0 radical (unpaired) electrons. The molecule has 0 spiro atoms. The summed E-state index contributed by atoms with van der Waals surface area (Å²) in [7, 11) is 0. The molecule has 1 heterocycles. The van der Waals surface area contributed by atoms with E-state index in [0.29, 0.717) is 38.2 Å². The predicted octanol–water partition coefficient (Wildman–Crippen LogP) is 4.50. The van der Waals surface area contributed by atoms with E-state index in [0.717, 1.165) is 35.5 Å². The Bertz CT molecular complexity index is 1000. The van der Waals surface area contributed by atoms with Crippen LogP contribution in [-0.4, -0.2) is 51.7 Å². The van der Waals surface area contributed by atoms with Gasteiger partial charge in [0, 0.05) is 19.1 Å². The molecule has 1 atom stereocenters. The van der Waals surface area contributed by atoms with Crippen molar-refractivity contribution in [2.24, 2.45) is 0 Å². The second-order valence-corrected chi connectivity index (χ2v) is 8.17. The van der Waals surface area contributed by atoms with Gasteiger partial charge in [0.1, 0.15) is 5.75 Å². The van der Waals surface area contributed by atoms with E-state index >= 15 is 0 Å². The molecule has 0 unspecified atom stereocenters. The lowest BCUT2D eigenvalue weighted by atomic mass is 10.2. The summed E-state index contributed by atoms with van der Waals surface area (Å²) in [6.45, 7) is 7.61. The average Bonchev–Trinajstić information content (AvgIpc) is 3.61. The normalized spacial score (nSPS) is 14.5. The van der Waals surface area contributed by atoms with Gasteiger partial charge in [0.2, 0.25) is 5.88 Å². The van der Waals surface area contributed by atoms with Crippen LogP contribution in [0.2, 0.25) is 0 Å². The summed E-state index contributed by atoms with van der Waals surface area (Å²) in [4.78, 5) is 2.32. The number of aryl methyl sites for hydroxylation is 1. The van der Waals surface area contributed by atoms with Crippen LogP contribution in [0.1, 0.15) is 24.1 Å². The molecule has 4 rings (SSSR count).